The fourth-order valence-corrected chi connectivity index (χ4v) is 2.96. The van der Waals surface area contributed by atoms with Gasteiger partial charge in [-0.05, 0) is 37.6 Å². The lowest BCUT2D eigenvalue weighted by molar-refractivity contribution is -0.144. The van der Waals surface area contributed by atoms with E-state index in [0.717, 1.165) is 17.0 Å². The van der Waals surface area contributed by atoms with E-state index >= 15 is 0 Å². The van der Waals surface area contributed by atoms with Gasteiger partial charge in [-0.1, -0.05) is 23.7 Å². The summed E-state index contributed by atoms with van der Waals surface area (Å²) in [6, 6.07) is 8.37. The Labute approximate surface area is 146 Å². The van der Waals surface area contributed by atoms with Crippen LogP contribution in [0.1, 0.15) is 29.9 Å². The molecule has 2 aromatic rings. The second kappa shape index (κ2) is 7.53. The van der Waals surface area contributed by atoms with Crippen LogP contribution in [-0.2, 0) is 20.7 Å². The molecular weight excluding hydrogens is 330 g/mol. The molecule has 0 bridgehead atoms. The van der Waals surface area contributed by atoms with Gasteiger partial charge in [0.25, 0.3) is 0 Å². The molecule has 0 radical (unpaired) electrons. The summed E-state index contributed by atoms with van der Waals surface area (Å²) in [4.78, 5) is 23.3. The topological polar surface area (TPSA) is 57.5 Å². The molecule has 0 aliphatic rings. The summed E-state index contributed by atoms with van der Waals surface area (Å²) in [6.07, 6.45) is 0.444. The predicted molar refractivity (Wildman–Crippen MR) is 91.4 cm³/mol. The number of ether oxygens (including phenoxy) is 2. The number of rotatable bonds is 5. The lowest BCUT2D eigenvalue weighted by atomic mass is 10.1. The highest BCUT2D eigenvalue weighted by molar-refractivity contribution is 6.31. The fraction of sp³-hybridized carbons (Fsp3) is 0.333. The number of carbonyl (C=O) groups is 2. The number of hydrogen-bond acceptors (Lipinski definition) is 4. The first kappa shape index (κ1) is 18.1. The molecule has 0 N–H and O–H groups in total. The lowest BCUT2D eigenvalue weighted by Crippen LogP contribution is -2.24. The number of halogens is 1. The zero-order valence-corrected chi connectivity index (χ0v) is 14.9. The van der Waals surface area contributed by atoms with Crippen molar-refractivity contribution in [3.05, 3.63) is 52.3 Å². The van der Waals surface area contributed by atoms with Gasteiger partial charge in [0, 0.05) is 24.7 Å². The van der Waals surface area contributed by atoms with Crippen molar-refractivity contribution < 1.29 is 19.1 Å². The summed E-state index contributed by atoms with van der Waals surface area (Å²) in [6.45, 7) is 5.12. The van der Waals surface area contributed by atoms with Crippen LogP contribution in [0.3, 0.4) is 0 Å². The molecule has 0 aliphatic heterocycles. The third kappa shape index (κ3) is 3.97. The maximum absolute atomic E-state index is 12.3. The Bertz CT molecular complexity index is 749. The van der Waals surface area contributed by atoms with Crippen molar-refractivity contribution in [3.8, 4) is 5.75 Å². The van der Waals surface area contributed by atoms with Gasteiger partial charge in [0.15, 0.2) is 0 Å². The number of benzene rings is 1. The van der Waals surface area contributed by atoms with Crippen molar-refractivity contribution in [3.63, 3.8) is 0 Å². The number of aryl methyl sites for hydroxylation is 1. The molecule has 6 heteroatoms. The van der Waals surface area contributed by atoms with Gasteiger partial charge in [0.2, 0.25) is 0 Å². The first-order valence-electron chi connectivity index (χ1n) is 7.52. The van der Waals surface area contributed by atoms with Crippen LogP contribution in [0.5, 0.6) is 5.75 Å². The average Bonchev–Trinajstić information content (AvgIpc) is 2.78. The maximum Gasteiger partial charge on any atom is 0.329 e. The van der Waals surface area contributed by atoms with Gasteiger partial charge in [-0.15, -0.1) is 0 Å². The summed E-state index contributed by atoms with van der Waals surface area (Å²) in [5.41, 5.74) is 2.63. The standard InChI is InChI=1S/C18H20ClNO4/c1-11-9-16(19)12(2)20(11)17(18(22)23-4)10-14-5-7-15(8-6-14)24-13(3)21/h5-9,17H,10H2,1-4H3. The van der Waals surface area contributed by atoms with E-state index in [0.29, 0.717) is 17.2 Å². The molecular formula is C18H20ClNO4. The molecule has 1 atom stereocenters. The molecule has 0 spiro atoms. The smallest absolute Gasteiger partial charge is 0.329 e. The monoisotopic (exact) mass is 349 g/mol. The molecule has 1 aromatic heterocycles. The highest BCUT2D eigenvalue weighted by Crippen LogP contribution is 2.27. The van der Waals surface area contributed by atoms with Crippen LogP contribution in [0.15, 0.2) is 30.3 Å². The van der Waals surface area contributed by atoms with E-state index in [9.17, 15) is 9.59 Å². The molecule has 24 heavy (non-hydrogen) atoms. The highest BCUT2D eigenvalue weighted by atomic mass is 35.5. The zero-order chi connectivity index (χ0) is 17.9. The van der Waals surface area contributed by atoms with Gasteiger partial charge in [-0.2, -0.15) is 0 Å². The van der Waals surface area contributed by atoms with E-state index in [1.54, 1.807) is 12.1 Å². The van der Waals surface area contributed by atoms with E-state index < -0.39 is 6.04 Å². The van der Waals surface area contributed by atoms with E-state index in [2.05, 4.69) is 0 Å². The van der Waals surface area contributed by atoms with Gasteiger partial charge < -0.3 is 14.0 Å². The van der Waals surface area contributed by atoms with Crippen LogP contribution < -0.4 is 4.74 Å². The molecule has 128 valence electrons. The van der Waals surface area contributed by atoms with Crippen LogP contribution in [-0.4, -0.2) is 23.6 Å². The Morgan fingerprint density at radius 3 is 2.29 bits per heavy atom. The first-order chi connectivity index (χ1) is 11.3. The van der Waals surface area contributed by atoms with Crippen molar-refractivity contribution >= 4 is 23.5 Å². The van der Waals surface area contributed by atoms with Crippen LogP contribution in [0.25, 0.3) is 0 Å². The number of hydrogen-bond donors (Lipinski definition) is 0. The Hall–Kier alpha value is -2.27. The summed E-state index contributed by atoms with van der Waals surface area (Å²) in [5.74, 6) is -0.238. The van der Waals surface area contributed by atoms with Crippen LogP contribution in [0.2, 0.25) is 5.02 Å². The average molecular weight is 350 g/mol. The van der Waals surface area contributed by atoms with Crippen molar-refractivity contribution in [1.29, 1.82) is 0 Å². The lowest BCUT2D eigenvalue weighted by Gasteiger charge is -2.20. The Morgan fingerprint density at radius 1 is 1.21 bits per heavy atom. The molecule has 5 nitrogen and oxygen atoms in total. The minimum absolute atomic E-state index is 0.336. The normalized spacial score (nSPS) is 11.9. The molecule has 0 aliphatic carbocycles. The minimum Gasteiger partial charge on any atom is -0.467 e. The maximum atomic E-state index is 12.3. The number of nitrogens with zero attached hydrogens (tertiary/aromatic N) is 1. The Balaban J connectivity index is 2.30. The molecule has 1 heterocycles. The van der Waals surface area contributed by atoms with Crippen molar-refractivity contribution in [2.24, 2.45) is 0 Å². The van der Waals surface area contributed by atoms with E-state index in [1.807, 2.05) is 36.6 Å². The molecule has 0 amide bonds. The van der Waals surface area contributed by atoms with E-state index in [1.165, 1.54) is 14.0 Å². The molecule has 1 unspecified atom stereocenters. The second-order valence-electron chi connectivity index (χ2n) is 5.57. The van der Waals surface area contributed by atoms with Gasteiger partial charge in [0.1, 0.15) is 11.8 Å². The Morgan fingerprint density at radius 2 is 1.83 bits per heavy atom. The largest absolute Gasteiger partial charge is 0.467 e. The molecule has 2 rings (SSSR count). The highest BCUT2D eigenvalue weighted by Gasteiger charge is 2.25. The van der Waals surface area contributed by atoms with Gasteiger partial charge in [-0.3, -0.25) is 4.79 Å². The summed E-state index contributed by atoms with van der Waals surface area (Å²) < 4.78 is 11.9. The van der Waals surface area contributed by atoms with Gasteiger partial charge in [-0.25, -0.2) is 4.79 Å². The van der Waals surface area contributed by atoms with Crippen LogP contribution in [0.4, 0.5) is 0 Å². The number of methoxy groups -OCH3 is 1. The van der Waals surface area contributed by atoms with E-state index in [-0.39, 0.29) is 11.9 Å². The van der Waals surface area contributed by atoms with Crippen molar-refractivity contribution in [1.82, 2.24) is 4.57 Å². The molecule has 0 fully saturated rings. The second-order valence-corrected chi connectivity index (χ2v) is 5.98. The first-order valence-corrected chi connectivity index (χ1v) is 7.90. The minimum atomic E-state index is -0.512. The zero-order valence-electron chi connectivity index (χ0n) is 14.1. The number of aromatic nitrogens is 1. The molecule has 0 saturated heterocycles. The van der Waals surface area contributed by atoms with Gasteiger partial charge >= 0.3 is 11.9 Å². The third-order valence-corrected chi connectivity index (χ3v) is 4.20. The van der Waals surface area contributed by atoms with Crippen LogP contribution >= 0.6 is 11.6 Å². The fourth-order valence-electron chi connectivity index (χ4n) is 2.72. The summed E-state index contributed by atoms with van der Waals surface area (Å²) >= 11 is 6.18. The molecule has 1 aromatic carbocycles. The SMILES string of the molecule is COC(=O)C(Cc1ccc(OC(C)=O)cc1)n1c(C)cc(Cl)c1C. The van der Waals surface area contributed by atoms with E-state index in [4.69, 9.17) is 21.1 Å². The summed E-state index contributed by atoms with van der Waals surface area (Å²) in [7, 11) is 1.37. The van der Waals surface area contributed by atoms with Crippen molar-refractivity contribution in [2.75, 3.05) is 7.11 Å². The van der Waals surface area contributed by atoms with Crippen molar-refractivity contribution in [2.45, 2.75) is 33.2 Å². The quantitative estimate of drug-likeness (QED) is 0.611. The Kier molecular flexibility index (Phi) is 5.67. The predicted octanol–water partition coefficient (Wildman–Crippen LogP) is 3.64. The number of esters is 2. The van der Waals surface area contributed by atoms with Crippen LogP contribution in [0, 0.1) is 13.8 Å². The van der Waals surface area contributed by atoms with Gasteiger partial charge in [0.05, 0.1) is 12.1 Å². The summed E-state index contributed by atoms with van der Waals surface area (Å²) in [5, 5.41) is 0.617. The number of carbonyl (C=O) groups excluding carboxylic acids is 2. The molecule has 0 saturated carbocycles. The third-order valence-electron chi connectivity index (χ3n) is 3.82.